The van der Waals surface area contributed by atoms with Crippen molar-refractivity contribution in [1.29, 1.82) is 0 Å². The number of rotatable bonds is 5. The molecule has 0 saturated carbocycles. The Bertz CT molecular complexity index is 937. The van der Waals surface area contributed by atoms with Crippen LogP contribution in [0.4, 0.5) is 10.5 Å². The van der Waals surface area contributed by atoms with Crippen LogP contribution in [-0.2, 0) is 23.2 Å². The number of aryl methyl sites for hydroxylation is 1. The number of fused-ring (bicyclic) bond motifs is 1. The molecule has 1 unspecified atom stereocenters. The largest absolute Gasteiger partial charge is 0.481 e. The van der Waals surface area contributed by atoms with Crippen LogP contribution in [0.3, 0.4) is 0 Å². The van der Waals surface area contributed by atoms with E-state index in [1.165, 1.54) is 11.1 Å². The van der Waals surface area contributed by atoms with Crippen LogP contribution in [0.1, 0.15) is 48.6 Å². The first-order valence-electron chi connectivity index (χ1n) is 10.1. The molecule has 2 aromatic rings. The number of carbonyl (C=O) groups excluding carboxylic acids is 1. The summed E-state index contributed by atoms with van der Waals surface area (Å²) in [6, 6.07) is 14.1. The molecule has 2 aliphatic heterocycles. The number of hydrogen-bond acceptors (Lipinski definition) is 3. The summed E-state index contributed by atoms with van der Waals surface area (Å²) in [6.45, 7) is 5.85. The zero-order chi connectivity index (χ0) is 20.6. The van der Waals surface area contributed by atoms with Gasteiger partial charge in [-0.2, -0.15) is 0 Å². The van der Waals surface area contributed by atoms with E-state index in [-0.39, 0.29) is 24.0 Å². The van der Waals surface area contributed by atoms with Crippen molar-refractivity contribution in [3.05, 3.63) is 64.7 Å². The van der Waals surface area contributed by atoms with E-state index in [1.54, 1.807) is 0 Å². The first kappa shape index (κ1) is 19.5. The first-order chi connectivity index (χ1) is 13.8. The molecule has 0 spiro atoms. The lowest BCUT2D eigenvalue weighted by molar-refractivity contribution is -0.136. The third-order valence-electron chi connectivity index (χ3n) is 5.97. The Balaban J connectivity index is 1.60. The second-order valence-electron chi connectivity index (χ2n) is 8.35. The molecule has 1 saturated heterocycles. The molecule has 0 aromatic heterocycles. The van der Waals surface area contributed by atoms with Gasteiger partial charge in [0.1, 0.15) is 0 Å². The maximum atomic E-state index is 12.6. The minimum absolute atomic E-state index is 0.0649. The van der Waals surface area contributed by atoms with Crippen LogP contribution in [0.2, 0.25) is 0 Å². The number of amides is 2. The van der Waals surface area contributed by atoms with E-state index in [9.17, 15) is 9.59 Å². The minimum Gasteiger partial charge on any atom is -0.481 e. The van der Waals surface area contributed by atoms with Crippen molar-refractivity contribution < 1.29 is 14.7 Å². The van der Waals surface area contributed by atoms with Crippen LogP contribution >= 0.6 is 0 Å². The molecule has 2 heterocycles. The van der Waals surface area contributed by atoms with Crippen molar-refractivity contribution in [3.63, 3.8) is 0 Å². The SMILES string of the molecule is CC1(C)NCCc2cc(N3C(=O)NCC3c3ccc(CCC(=O)O)cc3)ccc21. The van der Waals surface area contributed by atoms with Crippen molar-refractivity contribution in [3.8, 4) is 0 Å². The molecule has 6 heteroatoms. The zero-order valence-corrected chi connectivity index (χ0v) is 16.9. The Hall–Kier alpha value is -2.86. The maximum absolute atomic E-state index is 12.6. The standard InChI is InChI=1S/C23H27N3O3/c1-23(2)19-9-8-18(13-17(19)11-12-25-23)26-20(14-24-22(26)29)16-6-3-15(4-7-16)5-10-21(27)28/h3-4,6-9,13,20,25H,5,10-12,14H2,1-2H3,(H,24,29)(H,27,28). The molecule has 0 radical (unpaired) electrons. The van der Waals surface area contributed by atoms with Gasteiger partial charge in [-0.25, -0.2) is 4.79 Å². The number of anilines is 1. The fraction of sp³-hybridized carbons (Fsp3) is 0.391. The van der Waals surface area contributed by atoms with Crippen LogP contribution in [0, 0.1) is 0 Å². The molecule has 1 atom stereocenters. The van der Waals surface area contributed by atoms with Crippen LogP contribution in [0.25, 0.3) is 0 Å². The summed E-state index contributed by atoms with van der Waals surface area (Å²) in [7, 11) is 0. The molecule has 152 valence electrons. The molecule has 3 N–H and O–H groups in total. The van der Waals surface area contributed by atoms with Crippen LogP contribution in [0.5, 0.6) is 0 Å². The monoisotopic (exact) mass is 393 g/mol. The second-order valence-corrected chi connectivity index (χ2v) is 8.35. The Morgan fingerprint density at radius 1 is 1.21 bits per heavy atom. The summed E-state index contributed by atoms with van der Waals surface area (Å²) in [5.74, 6) is -0.795. The lowest BCUT2D eigenvalue weighted by Gasteiger charge is -2.35. The number of benzene rings is 2. The number of urea groups is 1. The highest BCUT2D eigenvalue weighted by molar-refractivity contribution is 5.95. The minimum atomic E-state index is -0.795. The molecule has 0 bridgehead atoms. The van der Waals surface area contributed by atoms with Gasteiger partial charge in [0.05, 0.1) is 6.04 Å². The fourth-order valence-electron chi connectivity index (χ4n) is 4.38. The normalized spacial score (nSPS) is 20.3. The van der Waals surface area contributed by atoms with E-state index in [2.05, 4.69) is 36.6 Å². The van der Waals surface area contributed by atoms with E-state index in [0.717, 1.165) is 29.8 Å². The van der Waals surface area contributed by atoms with Crippen molar-refractivity contribution >= 4 is 17.7 Å². The average Bonchev–Trinajstić information content (AvgIpc) is 3.07. The third kappa shape index (κ3) is 3.85. The van der Waals surface area contributed by atoms with E-state index in [4.69, 9.17) is 5.11 Å². The smallest absolute Gasteiger partial charge is 0.322 e. The Morgan fingerprint density at radius 2 is 1.97 bits per heavy atom. The topological polar surface area (TPSA) is 81.7 Å². The molecule has 0 aliphatic carbocycles. The highest BCUT2D eigenvalue weighted by Gasteiger charge is 2.34. The van der Waals surface area contributed by atoms with Gasteiger partial charge in [-0.1, -0.05) is 30.3 Å². The third-order valence-corrected chi connectivity index (χ3v) is 5.97. The van der Waals surface area contributed by atoms with E-state index in [0.29, 0.717) is 13.0 Å². The number of carbonyl (C=O) groups is 2. The lowest BCUT2D eigenvalue weighted by Crippen LogP contribution is -2.42. The first-order valence-corrected chi connectivity index (χ1v) is 10.1. The van der Waals surface area contributed by atoms with Gasteiger partial charge in [0.2, 0.25) is 0 Å². The van der Waals surface area contributed by atoms with E-state index < -0.39 is 5.97 Å². The summed E-state index contributed by atoms with van der Waals surface area (Å²) >= 11 is 0. The fourth-order valence-corrected chi connectivity index (χ4v) is 4.38. The van der Waals surface area contributed by atoms with Gasteiger partial charge in [-0.05, 0) is 67.6 Å². The summed E-state index contributed by atoms with van der Waals surface area (Å²) in [6.07, 6.45) is 1.58. The highest BCUT2D eigenvalue weighted by atomic mass is 16.4. The number of carboxylic acid groups (broad SMARTS) is 1. The molecular formula is C23H27N3O3. The van der Waals surface area contributed by atoms with E-state index >= 15 is 0 Å². The van der Waals surface area contributed by atoms with Gasteiger partial charge < -0.3 is 15.7 Å². The van der Waals surface area contributed by atoms with Gasteiger partial charge in [0.15, 0.2) is 0 Å². The van der Waals surface area contributed by atoms with Crippen LogP contribution < -0.4 is 15.5 Å². The Labute approximate surface area is 170 Å². The molecule has 2 aromatic carbocycles. The number of aliphatic carboxylic acids is 1. The quantitative estimate of drug-likeness (QED) is 0.728. The van der Waals surface area contributed by atoms with Crippen LogP contribution in [-0.4, -0.2) is 30.2 Å². The number of carboxylic acids is 1. The summed E-state index contributed by atoms with van der Waals surface area (Å²) in [5.41, 5.74) is 5.45. The predicted octanol–water partition coefficient (Wildman–Crippen LogP) is 3.36. The molecule has 2 aliphatic rings. The van der Waals surface area contributed by atoms with Gasteiger partial charge in [-0.3, -0.25) is 9.69 Å². The Kier molecular flexibility index (Phi) is 5.04. The van der Waals surface area contributed by atoms with E-state index in [1.807, 2.05) is 35.2 Å². The Morgan fingerprint density at radius 3 is 2.69 bits per heavy atom. The van der Waals surface area contributed by atoms with Gasteiger partial charge in [0, 0.05) is 24.2 Å². The summed E-state index contributed by atoms with van der Waals surface area (Å²) < 4.78 is 0. The number of hydrogen-bond donors (Lipinski definition) is 3. The maximum Gasteiger partial charge on any atom is 0.322 e. The van der Waals surface area contributed by atoms with Gasteiger partial charge in [-0.15, -0.1) is 0 Å². The zero-order valence-electron chi connectivity index (χ0n) is 16.9. The van der Waals surface area contributed by atoms with Crippen LogP contribution in [0.15, 0.2) is 42.5 Å². The van der Waals surface area contributed by atoms with Gasteiger partial charge >= 0.3 is 12.0 Å². The van der Waals surface area contributed by atoms with Gasteiger partial charge in [0.25, 0.3) is 0 Å². The lowest BCUT2D eigenvalue weighted by atomic mass is 9.85. The number of nitrogens with one attached hydrogen (secondary N) is 2. The molecular weight excluding hydrogens is 366 g/mol. The summed E-state index contributed by atoms with van der Waals surface area (Å²) in [5, 5.41) is 15.4. The average molecular weight is 393 g/mol. The highest BCUT2D eigenvalue weighted by Crippen LogP contribution is 2.35. The van der Waals surface area contributed by atoms with Crippen molar-refractivity contribution in [2.75, 3.05) is 18.0 Å². The number of nitrogens with zero attached hydrogens (tertiary/aromatic N) is 1. The van der Waals surface area contributed by atoms with Crippen molar-refractivity contribution in [2.45, 2.75) is 44.7 Å². The molecule has 6 nitrogen and oxygen atoms in total. The van der Waals surface area contributed by atoms with Crippen molar-refractivity contribution in [1.82, 2.24) is 10.6 Å². The molecule has 29 heavy (non-hydrogen) atoms. The van der Waals surface area contributed by atoms with Crippen molar-refractivity contribution in [2.24, 2.45) is 0 Å². The molecule has 1 fully saturated rings. The summed E-state index contributed by atoms with van der Waals surface area (Å²) in [4.78, 5) is 25.2. The molecule has 4 rings (SSSR count). The predicted molar refractivity (Wildman–Crippen MR) is 112 cm³/mol. The molecule has 2 amide bonds. The second kappa shape index (κ2) is 7.52.